The summed E-state index contributed by atoms with van der Waals surface area (Å²) in [6.45, 7) is 4.82. The molecule has 6 atom stereocenters. The summed E-state index contributed by atoms with van der Waals surface area (Å²) >= 11 is 0. The third-order valence-corrected chi connectivity index (χ3v) is 5.92. The minimum Gasteiger partial charge on any atom is -0.328 e. The van der Waals surface area contributed by atoms with Gasteiger partial charge in [-0.1, -0.05) is 33.1 Å². The summed E-state index contributed by atoms with van der Waals surface area (Å²) in [5.41, 5.74) is 12.1. The van der Waals surface area contributed by atoms with Crippen molar-refractivity contribution in [1.29, 1.82) is 0 Å². The fourth-order valence-electron chi connectivity index (χ4n) is 4.50. The van der Waals surface area contributed by atoms with Crippen molar-refractivity contribution >= 4 is 0 Å². The second-order valence-corrected chi connectivity index (χ2v) is 7.55. The molecule has 0 aromatic carbocycles. The van der Waals surface area contributed by atoms with Crippen LogP contribution in [-0.4, -0.2) is 12.1 Å². The number of hydrogen-bond acceptors (Lipinski definition) is 2. The highest BCUT2D eigenvalue weighted by molar-refractivity contribution is 4.82. The molecular weight excluding hydrogens is 232 g/mol. The van der Waals surface area contributed by atoms with Crippen LogP contribution < -0.4 is 11.5 Å². The second kappa shape index (κ2) is 7.08. The monoisotopic (exact) mass is 266 g/mol. The van der Waals surface area contributed by atoms with Crippen molar-refractivity contribution in [3.05, 3.63) is 0 Å². The summed E-state index contributed by atoms with van der Waals surface area (Å²) in [6.07, 6.45) is 12.0. The Labute approximate surface area is 119 Å². The van der Waals surface area contributed by atoms with E-state index >= 15 is 0 Å². The molecule has 0 bridgehead atoms. The van der Waals surface area contributed by atoms with Crippen LogP contribution >= 0.6 is 0 Å². The maximum atomic E-state index is 6.05. The molecule has 0 aliphatic heterocycles. The van der Waals surface area contributed by atoms with Gasteiger partial charge in [0, 0.05) is 12.1 Å². The minimum absolute atomic E-state index is 0.478. The minimum atomic E-state index is 0.478. The third kappa shape index (κ3) is 4.46. The Morgan fingerprint density at radius 1 is 0.737 bits per heavy atom. The molecule has 0 heterocycles. The van der Waals surface area contributed by atoms with Crippen LogP contribution in [0.1, 0.15) is 71.6 Å². The topological polar surface area (TPSA) is 52.0 Å². The molecule has 112 valence electrons. The van der Waals surface area contributed by atoms with Gasteiger partial charge in [-0.15, -0.1) is 0 Å². The molecule has 0 saturated heterocycles. The van der Waals surface area contributed by atoms with Crippen LogP contribution in [0.25, 0.3) is 0 Å². The largest absolute Gasteiger partial charge is 0.328 e. The van der Waals surface area contributed by atoms with Crippen molar-refractivity contribution in [3.8, 4) is 0 Å². The second-order valence-electron chi connectivity index (χ2n) is 7.55. The van der Waals surface area contributed by atoms with Gasteiger partial charge in [-0.25, -0.2) is 0 Å². The highest BCUT2D eigenvalue weighted by atomic mass is 14.6. The van der Waals surface area contributed by atoms with Crippen LogP contribution in [0.5, 0.6) is 0 Å². The summed E-state index contributed by atoms with van der Waals surface area (Å²) in [4.78, 5) is 0. The normalized spacial score (nSPS) is 44.2. The van der Waals surface area contributed by atoms with Crippen molar-refractivity contribution in [2.24, 2.45) is 35.1 Å². The molecular formula is C17H34N2. The molecule has 0 aromatic rings. The molecule has 0 spiro atoms. The maximum absolute atomic E-state index is 6.05. The van der Waals surface area contributed by atoms with E-state index in [0.717, 1.165) is 23.7 Å². The van der Waals surface area contributed by atoms with Crippen molar-refractivity contribution in [1.82, 2.24) is 0 Å². The first kappa shape index (κ1) is 15.3. The van der Waals surface area contributed by atoms with Gasteiger partial charge in [0.15, 0.2) is 0 Å². The van der Waals surface area contributed by atoms with Crippen molar-refractivity contribution < 1.29 is 0 Å². The van der Waals surface area contributed by atoms with Gasteiger partial charge in [-0.05, 0) is 62.2 Å². The van der Waals surface area contributed by atoms with E-state index in [1.54, 1.807) is 0 Å². The first-order valence-electron chi connectivity index (χ1n) is 8.57. The molecule has 2 heteroatoms. The lowest BCUT2D eigenvalue weighted by Gasteiger charge is -2.35. The lowest BCUT2D eigenvalue weighted by atomic mass is 9.73. The zero-order valence-electron chi connectivity index (χ0n) is 13.0. The SMILES string of the molecule is CC1CC(N)CCC1CCCC1CCC(N)CC1C. The van der Waals surface area contributed by atoms with E-state index in [4.69, 9.17) is 11.5 Å². The van der Waals surface area contributed by atoms with Crippen LogP contribution in [0.4, 0.5) is 0 Å². The Morgan fingerprint density at radius 2 is 1.16 bits per heavy atom. The van der Waals surface area contributed by atoms with E-state index in [0.29, 0.717) is 12.1 Å². The average Bonchev–Trinajstić information content (AvgIpc) is 2.34. The summed E-state index contributed by atoms with van der Waals surface area (Å²) < 4.78 is 0. The predicted molar refractivity (Wildman–Crippen MR) is 82.8 cm³/mol. The quantitative estimate of drug-likeness (QED) is 0.815. The standard InChI is InChI=1S/C17H34N2/c1-12-10-16(18)8-6-14(12)4-3-5-15-7-9-17(19)11-13(15)2/h12-17H,3-11,18-19H2,1-2H3. The van der Waals surface area contributed by atoms with Gasteiger partial charge in [0.25, 0.3) is 0 Å². The molecule has 0 aromatic heterocycles. The van der Waals surface area contributed by atoms with E-state index in [1.165, 1.54) is 57.8 Å². The summed E-state index contributed by atoms with van der Waals surface area (Å²) in [5, 5.41) is 0. The van der Waals surface area contributed by atoms with Crippen LogP contribution in [0, 0.1) is 23.7 Å². The molecule has 2 aliphatic carbocycles. The Hall–Kier alpha value is -0.0800. The van der Waals surface area contributed by atoms with Crippen molar-refractivity contribution in [2.45, 2.75) is 83.7 Å². The molecule has 2 nitrogen and oxygen atoms in total. The number of nitrogens with two attached hydrogens (primary N) is 2. The lowest BCUT2D eigenvalue weighted by molar-refractivity contribution is 0.188. The first-order chi connectivity index (χ1) is 9.06. The zero-order chi connectivity index (χ0) is 13.8. The molecule has 2 fully saturated rings. The summed E-state index contributed by atoms with van der Waals surface area (Å²) in [6, 6.07) is 0.956. The maximum Gasteiger partial charge on any atom is 0.00415 e. The molecule has 0 radical (unpaired) electrons. The summed E-state index contributed by atoms with van der Waals surface area (Å²) in [5.74, 6) is 3.59. The van der Waals surface area contributed by atoms with Gasteiger partial charge < -0.3 is 11.5 Å². The molecule has 0 amide bonds. The van der Waals surface area contributed by atoms with Crippen LogP contribution in [0.3, 0.4) is 0 Å². The number of hydrogen-bond donors (Lipinski definition) is 2. The Kier molecular flexibility index (Phi) is 5.70. The van der Waals surface area contributed by atoms with E-state index < -0.39 is 0 Å². The van der Waals surface area contributed by atoms with Gasteiger partial charge in [-0.2, -0.15) is 0 Å². The van der Waals surface area contributed by atoms with Crippen molar-refractivity contribution in [2.75, 3.05) is 0 Å². The molecule has 6 unspecified atom stereocenters. The van der Waals surface area contributed by atoms with E-state index in [2.05, 4.69) is 13.8 Å². The molecule has 2 aliphatic rings. The predicted octanol–water partition coefficient (Wildman–Crippen LogP) is 3.68. The first-order valence-corrected chi connectivity index (χ1v) is 8.57. The molecule has 2 saturated carbocycles. The van der Waals surface area contributed by atoms with Gasteiger partial charge >= 0.3 is 0 Å². The van der Waals surface area contributed by atoms with E-state index in [1.807, 2.05) is 0 Å². The number of rotatable bonds is 4. The van der Waals surface area contributed by atoms with Gasteiger partial charge in [0.05, 0.1) is 0 Å². The Bertz CT molecular complexity index is 240. The Balaban J connectivity index is 1.66. The van der Waals surface area contributed by atoms with Gasteiger partial charge in [-0.3, -0.25) is 0 Å². The highest BCUT2D eigenvalue weighted by Crippen LogP contribution is 2.36. The average molecular weight is 266 g/mol. The van der Waals surface area contributed by atoms with Gasteiger partial charge in [0.2, 0.25) is 0 Å². The van der Waals surface area contributed by atoms with Crippen LogP contribution in [0.15, 0.2) is 0 Å². The molecule has 19 heavy (non-hydrogen) atoms. The third-order valence-electron chi connectivity index (χ3n) is 5.92. The smallest absolute Gasteiger partial charge is 0.00415 e. The highest BCUT2D eigenvalue weighted by Gasteiger charge is 2.27. The van der Waals surface area contributed by atoms with Crippen LogP contribution in [0.2, 0.25) is 0 Å². The van der Waals surface area contributed by atoms with Gasteiger partial charge in [0.1, 0.15) is 0 Å². The van der Waals surface area contributed by atoms with Crippen LogP contribution in [-0.2, 0) is 0 Å². The lowest BCUT2D eigenvalue weighted by Crippen LogP contribution is -2.33. The van der Waals surface area contributed by atoms with E-state index in [9.17, 15) is 0 Å². The fraction of sp³-hybridized carbons (Fsp3) is 1.00. The van der Waals surface area contributed by atoms with Crippen molar-refractivity contribution in [3.63, 3.8) is 0 Å². The summed E-state index contributed by atoms with van der Waals surface area (Å²) in [7, 11) is 0. The Morgan fingerprint density at radius 3 is 1.53 bits per heavy atom. The fourth-order valence-corrected chi connectivity index (χ4v) is 4.50. The zero-order valence-corrected chi connectivity index (χ0v) is 13.0. The van der Waals surface area contributed by atoms with E-state index in [-0.39, 0.29) is 0 Å². The molecule has 2 rings (SSSR count). The molecule has 4 N–H and O–H groups in total.